The molecule has 0 aliphatic carbocycles. The lowest BCUT2D eigenvalue weighted by Gasteiger charge is -2.25. The van der Waals surface area contributed by atoms with Crippen molar-refractivity contribution < 1.29 is 28.9 Å². The summed E-state index contributed by atoms with van der Waals surface area (Å²) in [6.07, 6.45) is -2.89. The van der Waals surface area contributed by atoms with Gasteiger partial charge in [0.05, 0.1) is 19.8 Å². The van der Waals surface area contributed by atoms with Crippen molar-refractivity contribution in [3.05, 3.63) is 108 Å². The van der Waals surface area contributed by atoms with Crippen LogP contribution in [0.15, 0.2) is 91.0 Å². The van der Waals surface area contributed by atoms with Gasteiger partial charge in [0.15, 0.2) is 6.10 Å². The lowest BCUT2D eigenvalue weighted by molar-refractivity contribution is -0.164. The summed E-state index contributed by atoms with van der Waals surface area (Å²) in [5.74, 6) is -1.18. The second-order valence-corrected chi connectivity index (χ2v) is 7.33. The fourth-order valence-corrected chi connectivity index (χ4v) is 3.09. The second kappa shape index (κ2) is 13.0. The molecule has 33 heavy (non-hydrogen) atoms. The molecule has 2 N–H and O–H groups in total. The molecular formula is C26H27NO6. The number of nitrogens with one attached hydrogen (secondary N) is 1. The Labute approximate surface area is 192 Å². The van der Waals surface area contributed by atoms with Crippen molar-refractivity contribution in [3.8, 4) is 0 Å². The third-order valence-corrected chi connectivity index (χ3v) is 4.82. The van der Waals surface area contributed by atoms with E-state index in [4.69, 9.17) is 14.2 Å². The number of hydrogen-bond donors (Lipinski definition) is 2. The average Bonchev–Trinajstić information content (AvgIpc) is 2.85. The first-order chi connectivity index (χ1) is 16.1. The molecule has 0 heterocycles. The summed E-state index contributed by atoms with van der Waals surface area (Å²) in [5.41, 5.74) is 2.56. The highest BCUT2D eigenvalue weighted by Gasteiger charge is 2.31. The van der Waals surface area contributed by atoms with Crippen LogP contribution in [0.1, 0.15) is 16.7 Å². The minimum Gasteiger partial charge on any atom is -0.479 e. The van der Waals surface area contributed by atoms with E-state index in [0.29, 0.717) is 0 Å². The van der Waals surface area contributed by atoms with Crippen LogP contribution in [0.2, 0.25) is 0 Å². The van der Waals surface area contributed by atoms with Gasteiger partial charge in [0.2, 0.25) is 0 Å². The Morgan fingerprint density at radius 1 is 0.697 bits per heavy atom. The highest BCUT2D eigenvalue weighted by molar-refractivity contribution is 5.73. The number of hydrogen-bond acceptors (Lipinski definition) is 5. The number of amides is 1. The molecule has 0 bridgehead atoms. The van der Waals surface area contributed by atoms with Crippen molar-refractivity contribution in [1.82, 2.24) is 5.32 Å². The van der Waals surface area contributed by atoms with Crippen molar-refractivity contribution in [2.45, 2.75) is 32.0 Å². The van der Waals surface area contributed by atoms with Crippen LogP contribution in [0.3, 0.4) is 0 Å². The van der Waals surface area contributed by atoms with Crippen LogP contribution in [-0.2, 0) is 38.8 Å². The number of carbonyl (C=O) groups excluding carboxylic acids is 1. The molecule has 0 aromatic heterocycles. The van der Waals surface area contributed by atoms with E-state index in [1.165, 1.54) is 0 Å². The SMILES string of the molecule is O=C(NC[C@H](OCc1ccccc1)[C@H](OCc1ccccc1)C(=O)O)OCc1ccccc1. The lowest BCUT2D eigenvalue weighted by Crippen LogP contribution is -2.46. The highest BCUT2D eigenvalue weighted by atomic mass is 16.6. The maximum atomic E-state index is 12.2. The summed E-state index contributed by atoms with van der Waals surface area (Å²) >= 11 is 0. The number of carboxylic acids is 1. The maximum absolute atomic E-state index is 12.2. The summed E-state index contributed by atoms with van der Waals surface area (Å²) in [4.78, 5) is 24.2. The topological polar surface area (TPSA) is 94.1 Å². The third-order valence-electron chi connectivity index (χ3n) is 4.82. The second-order valence-electron chi connectivity index (χ2n) is 7.33. The van der Waals surface area contributed by atoms with E-state index in [0.717, 1.165) is 16.7 Å². The van der Waals surface area contributed by atoms with Gasteiger partial charge in [-0.3, -0.25) is 0 Å². The van der Waals surface area contributed by atoms with Crippen LogP contribution >= 0.6 is 0 Å². The predicted octanol–water partition coefficient (Wildman–Crippen LogP) is 4.17. The number of carboxylic acid groups (broad SMARTS) is 1. The van der Waals surface area contributed by atoms with Gasteiger partial charge in [-0.15, -0.1) is 0 Å². The first-order valence-corrected chi connectivity index (χ1v) is 10.6. The lowest BCUT2D eigenvalue weighted by atomic mass is 10.1. The molecule has 0 aliphatic rings. The predicted molar refractivity (Wildman–Crippen MR) is 122 cm³/mol. The zero-order chi connectivity index (χ0) is 23.3. The van der Waals surface area contributed by atoms with E-state index >= 15 is 0 Å². The highest BCUT2D eigenvalue weighted by Crippen LogP contribution is 2.12. The molecule has 1 amide bonds. The van der Waals surface area contributed by atoms with E-state index < -0.39 is 24.3 Å². The molecule has 0 unspecified atom stereocenters. The van der Waals surface area contributed by atoms with E-state index in [2.05, 4.69) is 5.32 Å². The Bertz CT molecular complexity index is 981. The number of benzene rings is 3. The van der Waals surface area contributed by atoms with Crippen molar-refractivity contribution in [2.75, 3.05) is 6.54 Å². The van der Waals surface area contributed by atoms with Crippen LogP contribution in [0, 0.1) is 0 Å². The van der Waals surface area contributed by atoms with Crippen LogP contribution in [0.5, 0.6) is 0 Å². The van der Waals surface area contributed by atoms with Crippen molar-refractivity contribution in [3.63, 3.8) is 0 Å². The van der Waals surface area contributed by atoms with Crippen molar-refractivity contribution >= 4 is 12.1 Å². The fraction of sp³-hybridized carbons (Fsp3) is 0.231. The van der Waals surface area contributed by atoms with Crippen LogP contribution in [0.4, 0.5) is 4.79 Å². The number of aliphatic carboxylic acids is 1. The molecular weight excluding hydrogens is 422 g/mol. The van der Waals surface area contributed by atoms with Gasteiger partial charge >= 0.3 is 12.1 Å². The van der Waals surface area contributed by atoms with Gasteiger partial charge in [0, 0.05) is 0 Å². The Balaban J connectivity index is 1.61. The summed E-state index contributed by atoms with van der Waals surface area (Å²) in [5, 5.41) is 12.4. The van der Waals surface area contributed by atoms with Gasteiger partial charge in [-0.2, -0.15) is 0 Å². The quantitative estimate of drug-likeness (QED) is 0.431. The molecule has 0 fully saturated rings. The molecule has 0 aliphatic heterocycles. The Hall–Kier alpha value is -3.68. The molecule has 7 nitrogen and oxygen atoms in total. The number of alkyl carbamates (subject to hydrolysis) is 1. The van der Waals surface area contributed by atoms with Crippen LogP contribution < -0.4 is 5.32 Å². The normalized spacial score (nSPS) is 12.5. The fourth-order valence-electron chi connectivity index (χ4n) is 3.09. The zero-order valence-corrected chi connectivity index (χ0v) is 18.1. The Kier molecular flexibility index (Phi) is 9.45. The first kappa shape index (κ1) is 24.0. The van der Waals surface area contributed by atoms with Gasteiger partial charge < -0.3 is 24.6 Å². The first-order valence-electron chi connectivity index (χ1n) is 10.6. The smallest absolute Gasteiger partial charge is 0.407 e. The van der Waals surface area contributed by atoms with Gasteiger partial charge in [-0.1, -0.05) is 91.0 Å². The molecule has 0 radical (unpaired) electrons. The van der Waals surface area contributed by atoms with Gasteiger partial charge in [0.25, 0.3) is 0 Å². The van der Waals surface area contributed by atoms with Crippen LogP contribution in [0.25, 0.3) is 0 Å². The molecule has 0 saturated carbocycles. The minimum absolute atomic E-state index is 0.0911. The zero-order valence-electron chi connectivity index (χ0n) is 18.1. The Morgan fingerprint density at radius 3 is 1.64 bits per heavy atom. The summed E-state index contributed by atoms with van der Waals surface area (Å²) < 4.78 is 16.8. The molecule has 3 rings (SSSR count). The van der Waals surface area contributed by atoms with E-state index in [1.54, 1.807) is 0 Å². The van der Waals surface area contributed by atoms with E-state index in [9.17, 15) is 14.7 Å². The molecule has 0 spiro atoms. The van der Waals surface area contributed by atoms with Crippen molar-refractivity contribution in [2.24, 2.45) is 0 Å². The minimum atomic E-state index is -1.29. The summed E-state index contributed by atoms with van der Waals surface area (Å²) in [6.45, 7) is 0.285. The molecule has 0 saturated heterocycles. The molecule has 172 valence electrons. The molecule has 3 aromatic rings. The van der Waals surface area contributed by atoms with Gasteiger partial charge in [-0.25, -0.2) is 9.59 Å². The molecule has 7 heteroatoms. The van der Waals surface area contributed by atoms with E-state index in [1.807, 2.05) is 91.0 Å². The van der Waals surface area contributed by atoms with Gasteiger partial charge in [-0.05, 0) is 16.7 Å². The van der Waals surface area contributed by atoms with Crippen molar-refractivity contribution in [1.29, 1.82) is 0 Å². The molecule has 3 aromatic carbocycles. The largest absolute Gasteiger partial charge is 0.479 e. The monoisotopic (exact) mass is 449 g/mol. The molecule has 2 atom stereocenters. The number of rotatable bonds is 12. The average molecular weight is 450 g/mol. The maximum Gasteiger partial charge on any atom is 0.407 e. The van der Waals surface area contributed by atoms with Crippen LogP contribution in [-0.4, -0.2) is 35.9 Å². The number of ether oxygens (including phenoxy) is 3. The third kappa shape index (κ3) is 8.40. The summed E-state index contributed by atoms with van der Waals surface area (Å²) in [6, 6.07) is 27.9. The standard InChI is InChI=1S/C26H27NO6/c28-25(29)24(32-18-21-12-6-2-7-13-21)23(31-17-20-10-4-1-5-11-20)16-27-26(30)33-19-22-14-8-3-9-15-22/h1-15,23-24H,16-19H2,(H,27,30)(H,28,29)/t23-,24-/m0/s1. The number of carbonyl (C=O) groups is 2. The van der Waals surface area contributed by atoms with E-state index in [-0.39, 0.29) is 26.4 Å². The van der Waals surface area contributed by atoms with Gasteiger partial charge in [0.1, 0.15) is 12.7 Å². The Morgan fingerprint density at radius 2 is 1.15 bits per heavy atom. The summed E-state index contributed by atoms with van der Waals surface area (Å²) in [7, 11) is 0.